The number of hydrogen-bond donors (Lipinski definition) is 1. The highest BCUT2D eigenvalue weighted by atomic mass is 16.5. The van der Waals surface area contributed by atoms with Crippen molar-refractivity contribution in [3.63, 3.8) is 0 Å². The van der Waals surface area contributed by atoms with Gasteiger partial charge < -0.3 is 10.5 Å². The van der Waals surface area contributed by atoms with Gasteiger partial charge in [-0.3, -0.25) is 0 Å². The second-order valence-corrected chi connectivity index (χ2v) is 3.45. The van der Waals surface area contributed by atoms with Crippen molar-refractivity contribution in [1.29, 1.82) is 0 Å². The maximum atomic E-state index is 6.13. The van der Waals surface area contributed by atoms with Crippen LogP contribution in [0.25, 0.3) is 0 Å². The Hall–Kier alpha value is -1.16. The number of nitrogens with zero attached hydrogens (tertiary/aromatic N) is 2. The molecule has 2 rings (SSSR count). The Morgan fingerprint density at radius 2 is 2.31 bits per heavy atom. The van der Waals surface area contributed by atoms with Crippen LogP contribution in [0.5, 0.6) is 5.75 Å². The normalized spacial score (nSPS) is 19.2. The maximum Gasteiger partial charge on any atom is 0.160 e. The van der Waals surface area contributed by atoms with Crippen LogP contribution in [0.1, 0.15) is 25.0 Å². The summed E-state index contributed by atoms with van der Waals surface area (Å²) in [5, 5.41) is 0. The lowest BCUT2D eigenvalue weighted by atomic mass is 9.75. The summed E-state index contributed by atoms with van der Waals surface area (Å²) in [7, 11) is 1.62. The van der Waals surface area contributed by atoms with Gasteiger partial charge in [-0.25, -0.2) is 9.97 Å². The highest BCUT2D eigenvalue weighted by Gasteiger charge is 2.38. The summed E-state index contributed by atoms with van der Waals surface area (Å²) in [5.74, 6) is 0.699. The van der Waals surface area contributed by atoms with Crippen LogP contribution in [0.3, 0.4) is 0 Å². The lowest BCUT2D eigenvalue weighted by Crippen LogP contribution is -2.44. The molecule has 1 aliphatic carbocycles. The summed E-state index contributed by atoms with van der Waals surface area (Å²) >= 11 is 0. The fraction of sp³-hybridized carbons (Fsp3) is 0.556. The minimum Gasteiger partial charge on any atom is -0.493 e. The van der Waals surface area contributed by atoms with Gasteiger partial charge >= 0.3 is 0 Å². The first kappa shape index (κ1) is 8.44. The summed E-state index contributed by atoms with van der Waals surface area (Å²) in [6.07, 6.45) is 6.32. The third kappa shape index (κ3) is 1.27. The van der Waals surface area contributed by atoms with E-state index in [2.05, 4.69) is 9.97 Å². The average Bonchev–Trinajstić information content (AvgIpc) is 2.14. The van der Waals surface area contributed by atoms with Crippen LogP contribution in [-0.2, 0) is 5.54 Å². The van der Waals surface area contributed by atoms with Gasteiger partial charge in [0.1, 0.15) is 12.0 Å². The molecule has 0 saturated heterocycles. The van der Waals surface area contributed by atoms with Crippen molar-refractivity contribution in [3.05, 3.63) is 18.2 Å². The van der Waals surface area contributed by atoms with E-state index in [9.17, 15) is 0 Å². The molecule has 1 aromatic heterocycles. The van der Waals surface area contributed by atoms with Crippen LogP contribution in [0.4, 0.5) is 0 Å². The second kappa shape index (κ2) is 2.96. The third-order valence-corrected chi connectivity index (χ3v) is 2.62. The van der Waals surface area contributed by atoms with Gasteiger partial charge in [0.15, 0.2) is 5.75 Å². The molecule has 1 fully saturated rings. The quantitative estimate of drug-likeness (QED) is 0.730. The number of rotatable bonds is 2. The molecule has 0 atom stereocenters. The van der Waals surface area contributed by atoms with E-state index >= 15 is 0 Å². The Morgan fingerprint density at radius 1 is 1.54 bits per heavy atom. The molecule has 0 bridgehead atoms. The summed E-state index contributed by atoms with van der Waals surface area (Å²) < 4.78 is 5.16. The molecule has 0 aliphatic heterocycles. The van der Waals surface area contributed by atoms with Gasteiger partial charge in [0, 0.05) is 0 Å². The number of hydrogen-bond acceptors (Lipinski definition) is 4. The first-order chi connectivity index (χ1) is 6.26. The molecule has 70 valence electrons. The van der Waals surface area contributed by atoms with Crippen molar-refractivity contribution < 1.29 is 4.74 Å². The predicted octanol–water partition coefficient (Wildman–Crippen LogP) is 0.823. The van der Waals surface area contributed by atoms with Crippen molar-refractivity contribution in [2.75, 3.05) is 7.11 Å². The fourth-order valence-corrected chi connectivity index (χ4v) is 1.63. The minimum absolute atomic E-state index is 0.270. The van der Waals surface area contributed by atoms with Gasteiger partial charge in [-0.05, 0) is 19.3 Å². The zero-order valence-corrected chi connectivity index (χ0v) is 7.66. The zero-order chi connectivity index (χ0) is 9.31. The summed E-state index contributed by atoms with van der Waals surface area (Å²) in [6.45, 7) is 0. The molecular formula is C9H13N3O. The molecule has 0 spiro atoms. The van der Waals surface area contributed by atoms with Crippen molar-refractivity contribution >= 4 is 0 Å². The Balaban J connectivity index is 2.38. The molecule has 0 unspecified atom stereocenters. The monoisotopic (exact) mass is 179 g/mol. The second-order valence-electron chi connectivity index (χ2n) is 3.45. The fourth-order valence-electron chi connectivity index (χ4n) is 1.63. The highest BCUT2D eigenvalue weighted by molar-refractivity contribution is 5.31. The Kier molecular flexibility index (Phi) is 1.92. The number of aromatic nitrogens is 2. The van der Waals surface area contributed by atoms with Crippen molar-refractivity contribution in [2.45, 2.75) is 24.8 Å². The highest BCUT2D eigenvalue weighted by Crippen LogP contribution is 2.40. The van der Waals surface area contributed by atoms with Crippen molar-refractivity contribution in [1.82, 2.24) is 9.97 Å². The molecule has 0 aromatic carbocycles. The Labute approximate surface area is 77.1 Å². The molecule has 1 saturated carbocycles. The van der Waals surface area contributed by atoms with Gasteiger partial charge in [-0.15, -0.1) is 0 Å². The molecule has 4 heteroatoms. The standard InChI is InChI=1S/C9H13N3O/c1-13-7-5-11-6-12-8(7)9(10)3-2-4-9/h5-6H,2-4,10H2,1H3. The first-order valence-corrected chi connectivity index (χ1v) is 4.40. The largest absolute Gasteiger partial charge is 0.493 e. The molecule has 1 aliphatic rings. The smallest absolute Gasteiger partial charge is 0.160 e. The summed E-state index contributed by atoms with van der Waals surface area (Å²) in [6, 6.07) is 0. The average molecular weight is 179 g/mol. The van der Waals surface area contributed by atoms with Gasteiger partial charge in [0.2, 0.25) is 0 Å². The van der Waals surface area contributed by atoms with E-state index in [-0.39, 0.29) is 5.54 Å². The van der Waals surface area contributed by atoms with E-state index < -0.39 is 0 Å². The van der Waals surface area contributed by atoms with Crippen LogP contribution in [-0.4, -0.2) is 17.1 Å². The molecule has 4 nitrogen and oxygen atoms in total. The van der Waals surface area contributed by atoms with E-state index in [4.69, 9.17) is 10.5 Å². The number of methoxy groups -OCH3 is 1. The SMILES string of the molecule is COc1cncnc1C1(N)CCC1. The molecular weight excluding hydrogens is 166 g/mol. The van der Waals surface area contributed by atoms with E-state index in [1.165, 1.54) is 12.7 Å². The maximum absolute atomic E-state index is 6.13. The summed E-state index contributed by atoms with van der Waals surface area (Å²) in [4.78, 5) is 8.08. The van der Waals surface area contributed by atoms with E-state index in [1.54, 1.807) is 13.3 Å². The van der Waals surface area contributed by atoms with E-state index in [0.717, 1.165) is 18.5 Å². The molecule has 2 N–H and O–H groups in total. The van der Waals surface area contributed by atoms with Gasteiger partial charge in [-0.2, -0.15) is 0 Å². The molecule has 1 heterocycles. The van der Waals surface area contributed by atoms with Gasteiger partial charge in [0.25, 0.3) is 0 Å². The van der Waals surface area contributed by atoms with E-state index in [1.807, 2.05) is 0 Å². The number of nitrogens with two attached hydrogens (primary N) is 1. The summed E-state index contributed by atoms with van der Waals surface area (Å²) in [5.41, 5.74) is 6.70. The Bertz CT molecular complexity index is 309. The minimum atomic E-state index is -0.270. The van der Waals surface area contributed by atoms with Crippen LogP contribution in [0.15, 0.2) is 12.5 Å². The molecule has 1 aromatic rings. The topological polar surface area (TPSA) is 61.0 Å². The zero-order valence-electron chi connectivity index (χ0n) is 7.66. The van der Waals surface area contributed by atoms with Crippen LogP contribution < -0.4 is 10.5 Å². The molecule has 0 amide bonds. The Morgan fingerprint density at radius 3 is 2.85 bits per heavy atom. The third-order valence-electron chi connectivity index (χ3n) is 2.62. The van der Waals surface area contributed by atoms with Crippen LogP contribution >= 0.6 is 0 Å². The van der Waals surface area contributed by atoms with Crippen molar-refractivity contribution in [3.8, 4) is 5.75 Å². The van der Waals surface area contributed by atoms with Gasteiger partial charge in [-0.1, -0.05) is 0 Å². The van der Waals surface area contributed by atoms with E-state index in [0.29, 0.717) is 5.75 Å². The van der Waals surface area contributed by atoms with Crippen LogP contribution in [0.2, 0.25) is 0 Å². The van der Waals surface area contributed by atoms with Crippen LogP contribution in [0, 0.1) is 0 Å². The predicted molar refractivity (Wildman–Crippen MR) is 48.3 cm³/mol. The lowest BCUT2D eigenvalue weighted by Gasteiger charge is -2.37. The first-order valence-electron chi connectivity index (χ1n) is 4.40. The number of ether oxygens (including phenoxy) is 1. The molecule has 13 heavy (non-hydrogen) atoms. The lowest BCUT2D eigenvalue weighted by molar-refractivity contribution is 0.235. The molecule has 0 radical (unpaired) electrons. The van der Waals surface area contributed by atoms with Crippen molar-refractivity contribution in [2.24, 2.45) is 5.73 Å². The van der Waals surface area contributed by atoms with Gasteiger partial charge in [0.05, 0.1) is 18.8 Å².